The molecule has 1 N–H and O–H groups in total. The van der Waals surface area contributed by atoms with E-state index in [0.29, 0.717) is 12.1 Å². The van der Waals surface area contributed by atoms with Gasteiger partial charge < -0.3 is 9.84 Å². The Morgan fingerprint density at radius 1 is 1.12 bits per heavy atom. The van der Waals surface area contributed by atoms with Crippen LogP contribution in [0.4, 0.5) is 13.2 Å². The molecule has 0 atom stereocenters. The summed E-state index contributed by atoms with van der Waals surface area (Å²) in [6.07, 6.45) is -0.752. The molecule has 0 aliphatic rings. The number of halogens is 3. The van der Waals surface area contributed by atoms with Crippen molar-refractivity contribution in [2.45, 2.75) is 26.2 Å². The van der Waals surface area contributed by atoms with Crippen LogP contribution in [0.1, 0.15) is 41.5 Å². The number of aromatic hydroxyl groups is 1. The van der Waals surface area contributed by atoms with Gasteiger partial charge in [0, 0.05) is 36.2 Å². The van der Waals surface area contributed by atoms with Gasteiger partial charge >= 0.3 is 5.97 Å². The monoisotopic (exact) mass is 367 g/mol. The van der Waals surface area contributed by atoms with Gasteiger partial charge in [-0.3, -0.25) is 9.59 Å². The fourth-order valence-corrected chi connectivity index (χ4v) is 2.29. The number of esters is 1. The number of carbonyl (C=O) groups is 2. The number of benzene rings is 1. The van der Waals surface area contributed by atoms with Crippen molar-refractivity contribution >= 4 is 11.8 Å². The molecule has 8 heteroatoms. The lowest BCUT2D eigenvalue weighted by molar-refractivity contribution is -0.143. The van der Waals surface area contributed by atoms with E-state index in [1.54, 1.807) is 6.92 Å². The van der Waals surface area contributed by atoms with Gasteiger partial charge in [-0.15, -0.1) is 0 Å². The first-order chi connectivity index (χ1) is 12.3. The molecule has 0 spiro atoms. The van der Waals surface area contributed by atoms with Gasteiger partial charge in [-0.05, 0) is 19.1 Å². The van der Waals surface area contributed by atoms with Gasteiger partial charge in [0.25, 0.3) is 0 Å². The lowest BCUT2D eigenvalue weighted by Crippen LogP contribution is -2.10. The molecule has 0 saturated heterocycles. The van der Waals surface area contributed by atoms with Crippen LogP contribution in [0.15, 0.2) is 24.3 Å². The van der Waals surface area contributed by atoms with Gasteiger partial charge in [0.1, 0.15) is 28.9 Å². The molecule has 0 amide bonds. The number of nitrogens with zero attached hydrogens (tertiary/aromatic N) is 1. The Bertz CT molecular complexity index is 816. The molecule has 0 unspecified atom stereocenters. The van der Waals surface area contributed by atoms with Gasteiger partial charge in [-0.1, -0.05) is 0 Å². The summed E-state index contributed by atoms with van der Waals surface area (Å²) in [6, 6.07) is 3.55. The molecule has 0 aliphatic carbocycles. The van der Waals surface area contributed by atoms with Crippen LogP contribution < -0.4 is 0 Å². The number of Topliss-reactive ketones (excluding diaryl/α,β-unsaturated/α-hetero) is 1. The number of hydrogen-bond donors (Lipinski definition) is 1. The molecule has 138 valence electrons. The van der Waals surface area contributed by atoms with Crippen LogP contribution in [0.25, 0.3) is 0 Å². The standard InChI is InChI=1S/C18H16F3NO4/c1-2-26-17(25)6-5-16(24)18-15(23)4-3-11(22-18)9-12-13(20)7-10(19)8-14(12)21/h3-4,7-8,23H,2,5-6,9H2,1H3. The first-order valence-electron chi connectivity index (χ1n) is 7.83. The van der Waals surface area contributed by atoms with E-state index in [1.807, 2.05) is 0 Å². The normalized spacial score (nSPS) is 10.6. The molecule has 1 aromatic carbocycles. The summed E-state index contributed by atoms with van der Waals surface area (Å²) in [5, 5.41) is 9.79. The lowest BCUT2D eigenvalue weighted by Gasteiger charge is -2.08. The van der Waals surface area contributed by atoms with Crippen molar-refractivity contribution in [2.24, 2.45) is 0 Å². The third-order valence-corrected chi connectivity index (χ3v) is 3.52. The van der Waals surface area contributed by atoms with Crippen LogP contribution in [0, 0.1) is 17.5 Å². The summed E-state index contributed by atoms with van der Waals surface area (Å²) in [4.78, 5) is 27.3. The molecule has 2 rings (SSSR count). The number of ether oxygens (including phenoxy) is 1. The quantitative estimate of drug-likeness (QED) is 0.600. The number of ketones is 1. The van der Waals surface area contributed by atoms with Crippen molar-refractivity contribution in [3.8, 4) is 5.75 Å². The van der Waals surface area contributed by atoms with Gasteiger partial charge in [-0.2, -0.15) is 0 Å². The van der Waals surface area contributed by atoms with Crippen LogP contribution in [0.3, 0.4) is 0 Å². The second-order valence-corrected chi connectivity index (χ2v) is 5.42. The van der Waals surface area contributed by atoms with E-state index in [1.165, 1.54) is 12.1 Å². The van der Waals surface area contributed by atoms with E-state index in [4.69, 9.17) is 4.74 Å². The maximum atomic E-state index is 13.7. The topological polar surface area (TPSA) is 76.5 Å². The smallest absolute Gasteiger partial charge is 0.306 e. The van der Waals surface area contributed by atoms with Crippen LogP contribution in [-0.4, -0.2) is 28.4 Å². The average molecular weight is 367 g/mol. The minimum atomic E-state index is -1.08. The molecular weight excluding hydrogens is 351 g/mol. The highest BCUT2D eigenvalue weighted by atomic mass is 19.1. The van der Waals surface area contributed by atoms with E-state index >= 15 is 0 Å². The van der Waals surface area contributed by atoms with E-state index < -0.39 is 40.5 Å². The number of aromatic nitrogens is 1. The fourth-order valence-electron chi connectivity index (χ4n) is 2.29. The summed E-state index contributed by atoms with van der Waals surface area (Å²) >= 11 is 0. The first-order valence-corrected chi connectivity index (χ1v) is 7.83. The summed E-state index contributed by atoms with van der Waals surface area (Å²) in [5.74, 6) is -4.79. The number of pyridine rings is 1. The molecule has 0 fully saturated rings. The Morgan fingerprint density at radius 3 is 2.38 bits per heavy atom. The Labute approximate surface area is 147 Å². The minimum Gasteiger partial charge on any atom is -0.506 e. The molecule has 26 heavy (non-hydrogen) atoms. The zero-order valence-electron chi connectivity index (χ0n) is 13.9. The zero-order valence-corrected chi connectivity index (χ0v) is 13.9. The van der Waals surface area contributed by atoms with E-state index in [0.717, 1.165) is 0 Å². The summed E-state index contributed by atoms with van der Waals surface area (Å²) in [6.45, 7) is 1.81. The van der Waals surface area contributed by atoms with Gasteiger partial charge in [0.2, 0.25) is 0 Å². The predicted octanol–water partition coefficient (Wildman–Crippen LogP) is 3.32. The SMILES string of the molecule is CCOC(=O)CCC(=O)c1nc(Cc2c(F)cc(F)cc2F)ccc1O. The van der Waals surface area contributed by atoms with Crippen molar-refractivity contribution < 1.29 is 32.6 Å². The Kier molecular flexibility index (Phi) is 6.32. The van der Waals surface area contributed by atoms with Crippen LogP contribution in [-0.2, 0) is 16.0 Å². The van der Waals surface area contributed by atoms with E-state index in [-0.39, 0.29) is 37.3 Å². The number of rotatable bonds is 7. The molecule has 1 heterocycles. The van der Waals surface area contributed by atoms with Gasteiger partial charge in [0.05, 0.1) is 13.0 Å². The third-order valence-electron chi connectivity index (χ3n) is 3.52. The number of hydrogen-bond acceptors (Lipinski definition) is 5. The Morgan fingerprint density at radius 2 is 1.77 bits per heavy atom. The largest absolute Gasteiger partial charge is 0.506 e. The van der Waals surface area contributed by atoms with Gasteiger partial charge in [0.15, 0.2) is 5.78 Å². The third kappa shape index (κ3) is 4.81. The molecule has 0 radical (unpaired) electrons. The van der Waals surface area contributed by atoms with Crippen molar-refractivity contribution in [3.63, 3.8) is 0 Å². The molecule has 0 aliphatic heterocycles. The van der Waals surface area contributed by atoms with Crippen LogP contribution >= 0.6 is 0 Å². The lowest BCUT2D eigenvalue weighted by atomic mass is 10.1. The van der Waals surface area contributed by atoms with Crippen molar-refractivity contribution in [1.82, 2.24) is 4.98 Å². The maximum absolute atomic E-state index is 13.7. The second-order valence-electron chi connectivity index (χ2n) is 5.42. The molecule has 5 nitrogen and oxygen atoms in total. The van der Waals surface area contributed by atoms with Crippen LogP contribution in [0.5, 0.6) is 5.75 Å². The molecule has 1 aromatic heterocycles. The molecule has 0 bridgehead atoms. The summed E-state index contributed by atoms with van der Waals surface area (Å²) in [7, 11) is 0. The molecule has 2 aromatic rings. The fraction of sp³-hybridized carbons (Fsp3) is 0.278. The second kappa shape index (κ2) is 8.46. The maximum Gasteiger partial charge on any atom is 0.306 e. The highest BCUT2D eigenvalue weighted by Gasteiger charge is 2.18. The van der Waals surface area contributed by atoms with Gasteiger partial charge in [-0.25, -0.2) is 18.2 Å². The minimum absolute atomic E-state index is 0.103. The zero-order chi connectivity index (χ0) is 19.3. The Hall–Kier alpha value is -2.90. The van der Waals surface area contributed by atoms with Crippen molar-refractivity contribution in [1.29, 1.82) is 0 Å². The molecular formula is C18H16F3NO4. The summed E-state index contributed by atoms with van der Waals surface area (Å²) in [5.41, 5.74) is -0.615. The summed E-state index contributed by atoms with van der Waals surface area (Å²) < 4.78 is 45.2. The van der Waals surface area contributed by atoms with E-state index in [9.17, 15) is 27.9 Å². The van der Waals surface area contributed by atoms with Crippen LogP contribution in [0.2, 0.25) is 0 Å². The highest BCUT2D eigenvalue weighted by Crippen LogP contribution is 2.22. The van der Waals surface area contributed by atoms with E-state index in [2.05, 4.69) is 4.98 Å². The highest BCUT2D eigenvalue weighted by molar-refractivity contribution is 5.98. The first kappa shape index (κ1) is 19.4. The Balaban J connectivity index is 2.19. The molecule has 0 saturated carbocycles. The van der Waals surface area contributed by atoms with Crippen molar-refractivity contribution in [3.05, 3.63) is 58.7 Å². The van der Waals surface area contributed by atoms with Crippen molar-refractivity contribution in [2.75, 3.05) is 6.61 Å². The number of carbonyl (C=O) groups excluding carboxylic acids is 2. The average Bonchev–Trinajstić information content (AvgIpc) is 2.57. The predicted molar refractivity (Wildman–Crippen MR) is 85.2 cm³/mol.